The maximum atomic E-state index is 3.00. The molecule has 92 valence electrons. The van der Waals surface area contributed by atoms with Crippen LogP contribution in [0.4, 0.5) is 0 Å². The molecule has 0 atom stereocenters. The van der Waals surface area contributed by atoms with Gasteiger partial charge >= 0.3 is 0 Å². The van der Waals surface area contributed by atoms with Crippen molar-refractivity contribution in [3.8, 4) is 0 Å². The molecule has 0 aromatic heterocycles. The van der Waals surface area contributed by atoms with Crippen molar-refractivity contribution < 1.29 is 0 Å². The second-order valence-electron chi connectivity index (χ2n) is 1.77. The fraction of sp³-hybridized carbons (Fsp3) is 0.857. The van der Waals surface area contributed by atoms with E-state index in [1.165, 1.54) is 25.7 Å². The Hall–Kier alpha value is -0.260. The molecule has 14 heavy (non-hydrogen) atoms. The van der Waals surface area contributed by atoms with Crippen LogP contribution in [0.15, 0.2) is 13.2 Å². The first-order valence-electron chi connectivity index (χ1n) is 6.41. The number of hydrogen-bond donors (Lipinski definition) is 0. The predicted molar refractivity (Wildman–Crippen MR) is 75.1 cm³/mol. The van der Waals surface area contributed by atoms with Gasteiger partial charge in [0.05, 0.1) is 0 Å². The molecular formula is C14H36. The van der Waals surface area contributed by atoms with Crippen molar-refractivity contribution in [2.75, 3.05) is 0 Å². The third-order valence-corrected chi connectivity index (χ3v) is 0.354. The third kappa shape index (κ3) is 2470. The fourth-order valence-corrected chi connectivity index (χ4v) is 0. The van der Waals surface area contributed by atoms with E-state index in [-0.39, 0.29) is 0 Å². The SMILES string of the molecule is C1CC1.C=C.CC.CC.CC.CCC. The lowest BCUT2D eigenvalue weighted by Crippen LogP contribution is -1.27. The topological polar surface area (TPSA) is 0 Å². The summed E-state index contributed by atoms with van der Waals surface area (Å²) in [7, 11) is 0. The normalized spacial score (nSPS) is 8.00. The molecule has 1 fully saturated rings. The second kappa shape index (κ2) is 126. The Morgan fingerprint density at radius 1 is 0.643 bits per heavy atom. The van der Waals surface area contributed by atoms with Crippen molar-refractivity contribution in [1.82, 2.24) is 0 Å². The summed E-state index contributed by atoms with van der Waals surface area (Å²) >= 11 is 0. The average Bonchev–Trinajstić information content (AvgIpc) is 3.17. The first-order valence-corrected chi connectivity index (χ1v) is 6.41. The smallest absolute Gasteiger partial charge is 0.0533 e. The molecule has 0 nitrogen and oxygen atoms in total. The van der Waals surface area contributed by atoms with Crippen molar-refractivity contribution >= 4 is 0 Å². The first kappa shape index (κ1) is 29.2. The van der Waals surface area contributed by atoms with Crippen molar-refractivity contribution in [3.63, 3.8) is 0 Å². The van der Waals surface area contributed by atoms with Crippen LogP contribution in [0.25, 0.3) is 0 Å². The van der Waals surface area contributed by atoms with E-state index < -0.39 is 0 Å². The minimum Gasteiger partial charge on any atom is -0.106 e. The van der Waals surface area contributed by atoms with E-state index in [1.807, 2.05) is 41.5 Å². The summed E-state index contributed by atoms with van der Waals surface area (Å²) in [4.78, 5) is 0. The van der Waals surface area contributed by atoms with Crippen molar-refractivity contribution in [2.45, 2.75) is 81.1 Å². The van der Waals surface area contributed by atoms with Crippen LogP contribution in [0.2, 0.25) is 0 Å². The molecule has 0 aliphatic heterocycles. The Morgan fingerprint density at radius 2 is 0.714 bits per heavy atom. The van der Waals surface area contributed by atoms with Crippen LogP contribution in [0, 0.1) is 0 Å². The quantitative estimate of drug-likeness (QED) is 0.397. The lowest BCUT2D eigenvalue weighted by molar-refractivity contribution is 1.09. The molecule has 1 aliphatic rings. The zero-order valence-electron chi connectivity index (χ0n) is 12.2. The monoisotopic (exact) mass is 204 g/mol. The highest BCUT2D eigenvalue weighted by Gasteiger charge is 1.95. The molecule has 0 aromatic carbocycles. The predicted octanol–water partition coefficient (Wildman–Crippen LogP) is 6.47. The summed E-state index contributed by atoms with van der Waals surface area (Å²) in [6, 6.07) is 0. The molecule has 0 aromatic rings. The van der Waals surface area contributed by atoms with E-state index in [9.17, 15) is 0 Å². The van der Waals surface area contributed by atoms with E-state index in [2.05, 4.69) is 27.0 Å². The zero-order chi connectivity index (χ0) is 12.8. The molecule has 1 aliphatic carbocycles. The summed E-state index contributed by atoms with van der Waals surface area (Å²) < 4.78 is 0. The highest BCUT2D eigenvalue weighted by molar-refractivity contribution is 4.50. The van der Waals surface area contributed by atoms with E-state index >= 15 is 0 Å². The molecule has 0 heteroatoms. The van der Waals surface area contributed by atoms with Crippen molar-refractivity contribution in [3.05, 3.63) is 13.2 Å². The van der Waals surface area contributed by atoms with Gasteiger partial charge in [-0.2, -0.15) is 0 Å². The van der Waals surface area contributed by atoms with E-state index in [1.54, 1.807) is 0 Å². The Kier molecular flexibility index (Phi) is 262. The first-order chi connectivity index (χ1) is 6.91. The van der Waals surface area contributed by atoms with Gasteiger partial charge in [-0.05, 0) is 0 Å². The van der Waals surface area contributed by atoms with Gasteiger partial charge in [-0.15, -0.1) is 13.2 Å². The molecular weight excluding hydrogens is 168 g/mol. The highest BCUT2D eigenvalue weighted by Crippen LogP contribution is 2.14. The van der Waals surface area contributed by atoms with Crippen LogP contribution >= 0.6 is 0 Å². The molecule has 1 rings (SSSR count). The van der Waals surface area contributed by atoms with Gasteiger partial charge in [0.15, 0.2) is 0 Å². The molecule has 0 radical (unpaired) electrons. The summed E-state index contributed by atoms with van der Waals surface area (Å²) in [5.74, 6) is 0. The van der Waals surface area contributed by atoms with Gasteiger partial charge in [0.2, 0.25) is 0 Å². The van der Waals surface area contributed by atoms with Crippen molar-refractivity contribution in [2.24, 2.45) is 0 Å². The fourth-order valence-electron chi connectivity index (χ4n) is 0. The lowest BCUT2D eigenvalue weighted by atomic mass is 10.6. The molecule has 0 spiro atoms. The molecule has 0 N–H and O–H groups in total. The summed E-state index contributed by atoms with van der Waals surface area (Å²) in [5.41, 5.74) is 0. The summed E-state index contributed by atoms with van der Waals surface area (Å²) in [6.07, 6.45) is 5.75. The summed E-state index contributed by atoms with van der Waals surface area (Å²) in [5, 5.41) is 0. The van der Waals surface area contributed by atoms with E-state index in [4.69, 9.17) is 0 Å². The van der Waals surface area contributed by atoms with Gasteiger partial charge < -0.3 is 0 Å². The highest BCUT2D eigenvalue weighted by atomic mass is 14.0. The lowest BCUT2D eigenvalue weighted by Gasteiger charge is -1.48. The van der Waals surface area contributed by atoms with Crippen LogP contribution in [0.1, 0.15) is 81.1 Å². The molecule has 0 bridgehead atoms. The molecule has 1 saturated carbocycles. The largest absolute Gasteiger partial charge is 0.106 e. The zero-order valence-corrected chi connectivity index (χ0v) is 12.2. The van der Waals surface area contributed by atoms with Gasteiger partial charge in [0.25, 0.3) is 0 Å². The maximum absolute atomic E-state index is 3.00. The second-order valence-corrected chi connectivity index (χ2v) is 1.77. The third-order valence-electron chi connectivity index (χ3n) is 0.354. The van der Waals surface area contributed by atoms with Crippen LogP contribution < -0.4 is 0 Å². The van der Waals surface area contributed by atoms with Gasteiger partial charge in [-0.3, -0.25) is 0 Å². The van der Waals surface area contributed by atoms with Crippen LogP contribution in [-0.2, 0) is 0 Å². The van der Waals surface area contributed by atoms with Crippen LogP contribution in [0.5, 0.6) is 0 Å². The Balaban J connectivity index is -0.0000000236. The molecule has 0 unspecified atom stereocenters. The minimum absolute atomic E-state index is 1.25. The van der Waals surface area contributed by atoms with Crippen LogP contribution in [0.3, 0.4) is 0 Å². The maximum Gasteiger partial charge on any atom is -0.0533 e. The Morgan fingerprint density at radius 3 is 0.714 bits per heavy atom. The Bertz CT molecular complexity index is 18.5. The Labute approximate surface area is 94.8 Å². The van der Waals surface area contributed by atoms with Gasteiger partial charge in [-0.25, -0.2) is 0 Å². The van der Waals surface area contributed by atoms with E-state index in [0.29, 0.717) is 0 Å². The van der Waals surface area contributed by atoms with Crippen molar-refractivity contribution in [1.29, 1.82) is 0 Å². The number of hydrogen-bond acceptors (Lipinski definition) is 0. The van der Waals surface area contributed by atoms with Gasteiger partial charge in [-0.1, -0.05) is 81.1 Å². The van der Waals surface area contributed by atoms with E-state index in [0.717, 1.165) is 0 Å². The molecule has 0 amide bonds. The van der Waals surface area contributed by atoms with Gasteiger partial charge in [0, 0.05) is 0 Å². The van der Waals surface area contributed by atoms with Crippen LogP contribution in [-0.4, -0.2) is 0 Å². The average molecular weight is 204 g/mol. The molecule has 0 heterocycles. The van der Waals surface area contributed by atoms with Gasteiger partial charge in [0.1, 0.15) is 0 Å². The molecule has 0 saturated heterocycles. The summed E-state index contributed by atoms with van der Waals surface area (Å²) in [6.45, 7) is 22.2. The number of rotatable bonds is 0. The minimum atomic E-state index is 1.25. The standard InChI is InChI=1S/C3H6.C3H8.3C2H6.C2H4/c1-2-3-1;1-3-2;4*1-2/h1-3H2;3H2,1-2H3;3*1-2H3;1-2H2.